The van der Waals surface area contributed by atoms with Crippen molar-refractivity contribution in [2.45, 2.75) is 27.7 Å². The van der Waals surface area contributed by atoms with E-state index in [1.807, 2.05) is 0 Å². The minimum atomic E-state index is -0.498. The van der Waals surface area contributed by atoms with Crippen molar-refractivity contribution in [1.82, 2.24) is 4.98 Å². The predicted molar refractivity (Wildman–Crippen MR) is 68.0 cm³/mol. The second-order valence-electron chi connectivity index (χ2n) is 5.16. The van der Waals surface area contributed by atoms with E-state index in [4.69, 9.17) is 0 Å². The van der Waals surface area contributed by atoms with Crippen molar-refractivity contribution in [2.24, 2.45) is 11.3 Å². The summed E-state index contributed by atoms with van der Waals surface area (Å²) in [5, 5.41) is 13.7. The maximum Gasteiger partial charge on any atom is 0.363 e. The lowest BCUT2D eigenvalue weighted by Gasteiger charge is -2.29. The van der Waals surface area contributed by atoms with E-state index < -0.39 is 4.92 Å². The zero-order valence-corrected chi connectivity index (χ0v) is 10.7. The Hall–Kier alpha value is -1.65. The third-order valence-electron chi connectivity index (χ3n) is 3.25. The standard InChI is InChI=1S/C12H19N3O2/c1-9(2)12(3,4)8-14-10-5-6-11(13-7-10)15(16)17/h5-7,9,14H,8H2,1-4H3. The molecule has 0 aromatic carbocycles. The molecule has 1 N–H and O–H groups in total. The van der Waals surface area contributed by atoms with Crippen LogP contribution in [-0.4, -0.2) is 16.5 Å². The average molecular weight is 237 g/mol. The number of anilines is 1. The Kier molecular flexibility index (Phi) is 4.04. The third kappa shape index (κ3) is 3.69. The van der Waals surface area contributed by atoms with E-state index in [2.05, 4.69) is 38.0 Å². The molecule has 0 fully saturated rings. The van der Waals surface area contributed by atoms with Gasteiger partial charge in [-0.2, -0.15) is 0 Å². The van der Waals surface area contributed by atoms with Crippen molar-refractivity contribution in [2.75, 3.05) is 11.9 Å². The summed E-state index contributed by atoms with van der Waals surface area (Å²) in [6.07, 6.45) is 1.49. The molecule has 1 aromatic rings. The molecule has 0 saturated carbocycles. The number of nitrogens with zero attached hydrogens (tertiary/aromatic N) is 2. The van der Waals surface area contributed by atoms with Gasteiger partial charge >= 0.3 is 5.82 Å². The molecule has 1 rings (SSSR count). The summed E-state index contributed by atoms with van der Waals surface area (Å²) >= 11 is 0. The lowest BCUT2D eigenvalue weighted by atomic mass is 9.81. The first-order chi connectivity index (χ1) is 7.83. The van der Waals surface area contributed by atoms with Crippen molar-refractivity contribution >= 4 is 11.5 Å². The molecular weight excluding hydrogens is 218 g/mol. The van der Waals surface area contributed by atoms with E-state index in [0.29, 0.717) is 5.92 Å². The summed E-state index contributed by atoms with van der Waals surface area (Å²) in [4.78, 5) is 13.7. The van der Waals surface area contributed by atoms with Gasteiger partial charge in [-0.25, -0.2) is 0 Å². The first kappa shape index (κ1) is 13.4. The number of aromatic nitrogens is 1. The first-order valence-corrected chi connectivity index (χ1v) is 5.67. The van der Waals surface area contributed by atoms with Crippen LogP contribution in [0.2, 0.25) is 0 Å². The Balaban J connectivity index is 2.62. The number of hydrogen-bond donors (Lipinski definition) is 1. The van der Waals surface area contributed by atoms with Crippen LogP contribution in [0.5, 0.6) is 0 Å². The number of rotatable bonds is 5. The molecule has 0 aliphatic heterocycles. The highest BCUT2D eigenvalue weighted by Gasteiger charge is 2.22. The summed E-state index contributed by atoms with van der Waals surface area (Å²) in [5.74, 6) is 0.430. The molecule has 1 heterocycles. The quantitative estimate of drug-likeness (QED) is 0.631. The van der Waals surface area contributed by atoms with E-state index in [1.165, 1.54) is 12.3 Å². The predicted octanol–water partition coefficient (Wildman–Crippen LogP) is 3.08. The molecule has 0 unspecified atom stereocenters. The molecule has 0 bridgehead atoms. The summed E-state index contributed by atoms with van der Waals surface area (Å²) in [6, 6.07) is 3.09. The van der Waals surface area contributed by atoms with Crippen LogP contribution in [-0.2, 0) is 0 Å². The zero-order valence-electron chi connectivity index (χ0n) is 10.7. The smallest absolute Gasteiger partial charge is 0.363 e. The van der Waals surface area contributed by atoms with Gasteiger partial charge in [0.1, 0.15) is 0 Å². The van der Waals surface area contributed by atoms with Gasteiger partial charge in [0, 0.05) is 12.6 Å². The topological polar surface area (TPSA) is 68.1 Å². The molecule has 5 heteroatoms. The number of nitrogens with one attached hydrogen (secondary N) is 1. The molecule has 0 amide bonds. The van der Waals surface area contributed by atoms with Crippen LogP contribution in [0.4, 0.5) is 11.5 Å². The normalized spacial score (nSPS) is 11.6. The van der Waals surface area contributed by atoms with E-state index in [9.17, 15) is 10.1 Å². The number of hydrogen-bond acceptors (Lipinski definition) is 4. The van der Waals surface area contributed by atoms with Gasteiger partial charge in [0.25, 0.3) is 0 Å². The highest BCUT2D eigenvalue weighted by Crippen LogP contribution is 2.26. The minimum absolute atomic E-state index is 0.126. The highest BCUT2D eigenvalue weighted by atomic mass is 16.6. The van der Waals surface area contributed by atoms with Crippen LogP contribution < -0.4 is 5.32 Å². The molecule has 0 aliphatic rings. The second-order valence-corrected chi connectivity index (χ2v) is 5.16. The van der Waals surface area contributed by atoms with E-state index in [-0.39, 0.29) is 11.2 Å². The lowest BCUT2D eigenvalue weighted by molar-refractivity contribution is -0.389. The Morgan fingerprint density at radius 1 is 1.47 bits per heavy atom. The van der Waals surface area contributed by atoms with Gasteiger partial charge in [-0.15, -0.1) is 0 Å². The maximum absolute atomic E-state index is 10.4. The summed E-state index contributed by atoms with van der Waals surface area (Å²) in [6.45, 7) is 9.53. The Morgan fingerprint density at radius 3 is 2.53 bits per heavy atom. The fourth-order valence-electron chi connectivity index (χ4n) is 1.13. The first-order valence-electron chi connectivity index (χ1n) is 5.67. The Morgan fingerprint density at radius 2 is 2.12 bits per heavy atom. The van der Waals surface area contributed by atoms with Crippen molar-refractivity contribution in [1.29, 1.82) is 0 Å². The SMILES string of the molecule is CC(C)C(C)(C)CNc1ccc([N+](=O)[O-])nc1. The van der Waals surface area contributed by atoms with Crippen LogP contribution in [0.1, 0.15) is 27.7 Å². The summed E-state index contributed by atoms with van der Waals surface area (Å²) in [5.41, 5.74) is 0.978. The van der Waals surface area contributed by atoms with Gasteiger partial charge in [0.2, 0.25) is 0 Å². The van der Waals surface area contributed by atoms with Gasteiger partial charge in [0.05, 0.1) is 5.69 Å². The van der Waals surface area contributed by atoms with Crippen molar-refractivity contribution in [3.05, 3.63) is 28.4 Å². The molecule has 0 spiro atoms. The lowest BCUT2D eigenvalue weighted by Crippen LogP contribution is -2.28. The molecule has 0 saturated heterocycles. The molecule has 5 nitrogen and oxygen atoms in total. The van der Waals surface area contributed by atoms with E-state index in [1.54, 1.807) is 6.07 Å². The van der Waals surface area contributed by atoms with Crippen molar-refractivity contribution in [3.8, 4) is 0 Å². The minimum Gasteiger partial charge on any atom is -0.381 e. The van der Waals surface area contributed by atoms with Crippen LogP contribution in [0.15, 0.2) is 18.3 Å². The van der Waals surface area contributed by atoms with Crippen molar-refractivity contribution < 1.29 is 4.92 Å². The highest BCUT2D eigenvalue weighted by molar-refractivity contribution is 5.43. The molecule has 0 radical (unpaired) electrons. The number of nitro groups is 1. The van der Waals surface area contributed by atoms with Gasteiger partial charge in [-0.05, 0) is 27.3 Å². The van der Waals surface area contributed by atoms with Crippen LogP contribution >= 0.6 is 0 Å². The molecule has 0 atom stereocenters. The molecule has 0 aliphatic carbocycles. The van der Waals surface area contributed by atoms with Gasteiger partial charge in [-0.1, -0.05) is 27.7 Å². The van der Waals surface area contributed by atoms with E-state index in [0.717, 1.165) is 12.2 Å². The van der Waals surface area contributed by atoms with Gasteiger partial charge in [0.15, 0.2) is 6.20 Å². The van der Waals surface area contributed by atoms with Crippen molar-refractivity contribution in [3.63, 3.8) is 0 Å². The van der Waals surface area contributed by atoms with Crippen LogP contribution in [0.25, 0.3) is 0 Å². The Bertz CT molecular complexity index is 385. The third-order valence-corrected chi connectivity index (χ3v) is 3.25. The van der Waals surface area contributed by atoms with E-state index >= 15 is 0 Å². The maximum atomic E-state index is 10.4. The molecule has 94 valence electrons. The fraction of sp³-hybridized carbons (Fsp3) is 0.583. The largest absolute Gasteiger partial charge is 0.381 e. The molecule has 17 heavy (non-hydrogen) atoms. The van der Waals surface area contributed by atoms with Crippen LogP contribution in [0.3, 0.4) is 0 Å². The van der Waals surface area contributed by atoms with Gasteiger partial charge < -0.3 is 15.4 Å². The zero-order chi connectivity index (χ0) is 13.1. The second kappa shape index (κ2) is 5.12. The Labute approximate surface area is 101 Å². The molecular formula is C12H19N3O2. The summed E-state index contributed by atoms with van der Waals surface area (Å²) < 4.78 is 0. The monoisotopic (exact) mass is 237 g/mol. The number of pyridine rings is 1. The van der Waals surface area contributed by atoms with Gasteiger partial charge in [-0.3, -0.25) is 0 Å². The average Bonchev–Trinajstić information content (AvgIpc) is 2.27. The molecule has 1 aromatic heterocycles. The van der Waals surface area contributed by atoms with Crippen LogP contribution in [0, 0.1) is 21.4 Å². The summed E-state index contributed by atoms with van der Waals surface area (Å²) in [7, 11) is 0. The fourth-order valence-corrected chi connectivity index (χ4v) is 1.13.